The van der Waals surface area contributed by atoms with Gasteiger partial charge in [0.1, 0.15) is 12.4 Å². The molecule has 2 nitrogen and oxygen atoms in total. The second-order valence-corrected chi connectivity index (χ2v) is 3.89. The summed E-state index contributed by atoms with van der Waals surface area (Å²) < 4.78 is 5.74. The van der Waals surface area contributed by atoms with Gasteiger partial charge in [-0.25, -0.2) is 0 Å². The molecule has 0 saturated carbocycles. The molecular weight excluding hydrogens is 174 g/mol. The first-order chi connectivity index (χ1) is 6.79. The Kier molecular flexibility index (Phi) is 2.73. The van der Waals surface area contributed by atoms with Crippen LogP contribution >= 0.6 is 0 Å². The lowest BCUT2D eigenvalue weighted by Gasteiger charge is -2.08. The summed E-state index contributed by atoms with van der Waals surface area (Å²) in [6.45, 7) is 5.99. The maximum atomic E-state index is 5.74. The maximum Gasteiger partial charge on any atom is 0.124 e. The van der Waals surface area contributed by atoms with Gasteiger partial charge in [0.15, 0.2) is 0 Å². The molecule has 76 valence electrons. The van der Waals surface area contributed by atoms with E-state index in [1.54, 1.807) is 0 Å². The van der Waals surface area contributed by atoms with E-state index in [0.717, 1.165) is 25.3 Å². The number of fused-ring (bicyclic) bond motifs is 1. The van der Waals surface area contributed by atoms with Crippen LogP contribution in [-0.4, -0.2) is 12.6 Å². The highest BCUT2D eigenvalue weighted by Crippen LogP contribution is 2.22. The van der Waals surface area contributed by atoms with Crippen molar-refractivity contribution >= 4 is 0 Å². The first-order valence-corrected chi connectivity index (χ1v) is 5.27. The Hall–Kier alpha value is -1.02. The van der Waals surface area contributed by atoms with Crippen LogP contribution < -0.4 is 10.1 Å². The average Bonchev–Trinajstić information content (AvgIpc) is 2.40. The Bertz CT molecular complexity index is 322. The van der Waals surface area contributed by atoms with Crippen molar-refractivity contribution < 1.29 is 4.74 Å². The lowest BCUT2D eigenvalue weighted by Crippen LogP contribution is -2.28. The third kappa shape index (κ3) is 1.90. The lowest BCUT2D eigenvalue weighted by molar-refractivity contribution is 0.287. The predicted octanol–water partition coefficient (Wildman–Crippen LogP) is 2.12. The van der Waals surface area contributed by atoms with Crippen molar-refractivity contribution in [1.29, 1.82) is 0 Å². The van der Waals surface area contributed by atoms with Crippen LogP contribution in [0.25, 0.3) is 0 Å². The van der Waals surface area contributed by atoms with E-state index in [2.05, 4.69) is 37.4 Å². The number of benzene rings is 1. The van der Waals surface area contributed by atoms with Crippen LogP contribution in [0.5, 0.6) is 5.75 Å². The summed E-state index contributed by atoms with van der Waals surface area (Å²) in [6.07, 6.45) is 1.07. The summed E-state index contributed by atoms with van der Waals surface area (Å²) in [5.74, 6) is 1.06. The van der Waals surface area contributed by atoms with E-state index in [-0.39, 0.29) is 0 Å². The zero-order valence-electron chi connectivity index (χ0n) is 8.84. The molecule has 2 rings (SSSR count). The standard InChI is InChI=1S/C12H17NO/c1-3-10-4-5-11-7-13-9(2)8-14-12(11)6-10/h4-6,9,13H,3,7-8H2,1-2H3. The number of hydrogen-bond donors (Lipinski definition) is 1. The normalized spacial score (nSPS) is 20.9. The van der Waals surface area contributed by atoms with Crippen molar-refractivity contribution in [3.05, 3.63) is 29.3 Å². The maximum absolute atomic E-state index is 5.74. The van der Waals surface area contributed by atoms with Crippen molar-refractivity contribution in [2.45, 2.75) is 32.9 Å². The minimum absolute atomic E-state index is 0.437. The Balaban J connectivity index is 2.27. The largest absolute Gasteiger partial charge is 0.492 e. The second kappa shape index (κ2) is 4.01. The van der Waals surface area contributed by atoms with Gasteiger partial charge in [-0.3, -0.25) is 0 Å². The highest BCUT2D eigenvalue weighted by Gasteiger charge is 2.12. The van der Waals surface area contributed by atoms with Crippen LogP contribution in [0.1, 0.15) is 25.0 Å². The number of hydrogen-bond acceptors (Lipinski definition) is 2. The van der Waals surface area contributed by atoms with Gasteiger partial charge < -0.3 is 10.1 Å². The first-order valence-electron chi connectivity index (χ1n) is 5.27. The van der Waals surface area contributed by atoms with Crippen LogP contribution in [0.15, 0.2) is 18.2 Å². The monoisotopic (exact) mass is 191 g/mol. The summed E-state index contributed by atoms with van der Waals surface area (Å²) >= 11 is 0. The Labute approximate surface area is 85.3 Å². The summed E-state index contributed by atoms with van der Waals surface area (Å²) in [5, 5.41) is 3.41. The van der Waals surface area contributed by atoms with Crippen molar-refractivity contribution in [1.82, 2.24) is 5.32 Å². The van der Waals surface area contributed by atoms with Crippen LogP contribution in [0.3, 0.4) is 0 Å². The number of ether oxygens (including phenoxy) is 1. The zero-order valence-corrected chi connectivity index (χ0v) is 8.84. The predicted molar refractivity (Wildman–Crippen MR) is 57.6 cm³/mol. The van der Waals surface area contributed by atoms with E-state index in [1.165, 1.54) is 11.1 Å². The van der Waals surface area contributed by atoms with Crippen LogP contribution in [0, 0.1) is 0 Å². The number of rotatable bonds is 1. The molecule has 1 aromatic carbocycles. The first kappa shape index (κ1) is 9.53. The minimum atomic E-state index is 0.437. The van der Waals surface area contributed by atoms with Crippen LogP contribution in [0.4, 0.5) is 0 Å². The molecule has 1 atom stereocenters. The van der Waals surface area contributed by atoms with Crippen LogP contribution in [-0.2, 0) is 13.0 Å². The number of aryl methyl sites for hydroxylation is 1. The summed E-state index contributed by atoms with van der Waals surface area (Å²) in [7, 11) is 0. The van der Waals surface area contributed by atoms with Gasteiger partial charge in [-0.05, 0) is 25.0 Å². The summed E-state index contributed by atoms with van der Waals surface area (Å²) in [4.78, 5) is 0. The molecule has 0 fully saturated rings. The fraction of sp³-hybridized carbons (Fsp3) is 0.500. The summed E-state index contributed by atoms with van der Waals surface area (Å²) in [6, 6.07) is 6.95. The molecule has 1 N–H and O–H groups in total. The van der Waals surface area contributed by atoms with Crippen molar-refractivity contribution in [2.75, 3.05) is 6.61 Å². The van der Waals surface area contributed by atoms with Gasteiger partial charge in [0, 0.05) is 18.2 Å². The third-order valence-electron chi connectivity index (χ3n) is 2.67. The van der Waals surface area contributed by atoms with E-state index in [9.17, 15) is 0 Å². The average molecular weight is 191 g/mol. The molecule has 0 amide bonds. The molecule has 1 aliphatic rings. The van der Waals surface area contributed by atoms with Crippen molar-refractivity contribution in [3.63, 3.8) is 0 Å². The molecule has 0 spiro atoms. The molecule has 0 aliphatic carbocycles. The second-order valence-electron chi connectivity index (χ2n) is 3.89. The molecule has 1 aliphatic heterocycles. The molecule has 0 aromatic heterocycles. The molecule has 1 aromatic rings. The van der Waals surface area contributed by atoms with Gasteiger partial charge in [-0.1, -0.05) is 19.1 Å². The van der Waals surface area contributed by atoms with E-state index in [1.807, 2.05) is 0 Å². The van der Waals surface area contributed by atoms with Gasteiger partial charge in [0.2, 0.25) is 0 Å². The van der Waals surface area contributed by atoms with Crippen molar-refractivity contribution in [3.8, 4) is 5.75 Å². The summed E-state index contributed by atoms with van der Waals surface area (Å²) in [5.41, 5.74) is 2.62. The Morgan fingerprint density at radius 2 is 2.36 bits per heavy atom. The lowest BCUT2D eigenvalue weighted by atomic mass is 10.1. The topological polar surface area (TPSA) is 21.3 Å². The van der Waals surface area contributed by atoms with E-state index >= 15 is 0 Å². The highest BCUT2D eigenvalue weighted by molar-refractivity contribution is 5.38. The molecule has 14 heavy (non-hydrogen) atoms. The van der Waals surface area contributed by atoms with Gasteiger partial charge in [-0.15, -0.1) is 0 Å². The van der Waals surface area contributed by atoms with Crippen molar-refractivity contribution in [2.24, 2.45) is 0 Å². The van der Waals surface area contributed by atoms with Gasteiger partial charge >= 0.3 is 0 Å². The van der Waals surface area contributed by atoms with Gasteiger partial charge in [-0.2, -0.15) is 0 Å². The van der Waals surface area contributed by atoms with E-state index < -0.39 is 0 Å². The number of nitrogens with one attached hydrogen (secondary N) is 1. The molecule has 0 bridgehead atoms. The fourth-order valence-electron chi connectivity index (χ4n) is 1.66. The molecular formula is C12H17NO. The molecule has 0 radical (unpaired) electrons. The quantitative estimate of drug-likeness (QED) is 0.734. The Morgan fingerprint density at radius 1 is 1.50 bits per heavy atom. The molecule has 2 heteroatoms. The van der Waals surface area contributed by atoms with Gasteiger partial charge in [0.05, 0.1) is 0 Å². The zero-order chi connectivity index (χ0) is 9.97. The SMILES string of the molecule is CCc1ccc2c(c1)OCC(C)NC2. The van der Waals surface area contributed by atoms with E-state index in [4.69, 9.17) is 4.74 Å². The third-order valence-corrected chi connectivity index (χ3v) is 2.67. The fourth-order valence-corrected chi connectivity index (χ4v) is 1.66. The molecule has 0 saturated heterocycles. The Morgan fingerprint density at radius 3 is 3.14 bits per heavy atom. The van der Waals surface area contributed by atoms with E-state index in [0.29, 0.717) is 6.04 Å². The minimum Gasteiger partial charge on any atom is -0.492 e. The van der Waals surface area contributed by atoms with Crippen LogP contribution in [0.2, 0.25) is 0 Å². The van der Waals surface area contributed by atoms with Gasteiger partial charge in [0.25, 0.3) is 0 Å². The highest BCUT2D eigenvalue weighted by atomic mass is 16.5. The smallest absolute Gasteiger partial charge is 0.124 e. The molecule has 1 unspecified atom stereocenters. The molecule has 1 heterocycles.